The van der Waals surface area contributed by atoms with E-state index in [0.717, 1.165) is 12.8 Å². The smallest absolute Gasteiger partial charge is 0.326 e. The Morgan fingerprint density at radius 1 is 1.26 bits per heavy atom. The van der Waals surface area contributed by atoms with Gasteiger partial charge in [0.1, 0.15) is 12.1 Å². The molecule has 3 amide bonds. The molecule has 0 aliphatic carbocycles. The number of carbonyl (C=O) groups is 3. The molecular formula is C15H26N6O6. The molecule has 0 aliphatic heterocycles. The number of carbonyl (C=O) groups excluding carboxylic acids is 2. The van der Waals surface area contributed by atoms with Crippen molar-refractivity contribution in [3.05, 3.63) is 11.7 Å². The van der Waals surface area contributed by atoms with Crippen molar-refractivity contribution in [2.45, 2.75) is 57.2 Å². The van der Waals surface area contributed by atoms with E-state index in [1.54, 1.807) is 0 Å². The number of carboxylic acids is 1. The summed E-state index contributed by atoms with van der Waals surface area (Å²) in [5, 5.41) is 26.5. The van der Waals surface area contributed by atoms with Gasteiger partial charge in [-0.15, -0.1) is 0 Å². The van der Waals surface area contributed by atoms with Crippen LogP contribution in [0, 0.1) is 0 Å². The Bertz CT molecular complexity index is 636. The molecule has 1 rings (SSSR count). The maximum atomic E-state index is 12.2. The highest BCUT2D eigenvalue weighted by Crippen LogP contribution is 2.16. The predicted octanol–water partition coefficient (Wildman–Crippen LogP) is -0.689. The minimum Gasteiger partial charge on any atom is -0.480 e. The van der Waals surface area contributed by atoms with Gasteiger partial charge < -0.3 is 36.8 Å². The van der Waals surface area contributed by atoms with Crippen LogP contribution in [0.5, 0.6) is 0 Å². The van der Waals surface area contributed by atoms with E-state index < -0.39 is 42.6 Å². The van der Waals surface area contributed by atoms with Gasteiger partial charge in [-0.1, -0.05) is 31.3 Å². The van der Waals surface area contributed by atoms with Gasteiger partial charge in [-0.25, -0.2) is 9.59 Å². The molecule has 0 saturated heterocycles. The van der Waals surface area contributed by atoms with Crippen LogP contribution in [0.2, 0.25) is 0 Å². The number of unbranched alkanes of at least 4 members (excludes halogenated alkanes) is 2. The van der Waals surface area contributed by atoms with Gasteiger partial charge in [0.15, 0.2) is 5.82 Å². The van der Waals surface area contributed by atoms with Crippen LogP contribution in [0.1, 0.15) is 62.8 Å². The molecule has 152 valence electrons. The first-order valence-electron chi connectivity index (χ1n) is 8.56. The summed E-state index contributed by atoms with van der Waals surface area (Å²) in [6, 6.07) is -3.86. The van der Waals surface area contributed by atoms with Gasteiger partial charge >= 0.3 is 12.0 Å². The number of aromatic nitrogens is 2. The molecule has 0 aromatic carbocycles. The van der Waals surface area contributed by atoms with Gasteiger partial charge in [-0.05, 0) is 6.42 Å². The number of nitrogens with one attached hydrogen (secondary N) is 2. The van der Waals surface area contributed by atoms with Gasteiger partial charge in [0.2, 0.25) is 11.8 Å². The highest BCUT2D eigenvalue weighted by molar-refractivity contribution is 5.83. The van der Waals surface area contributed by atoms with Crippen LogP contribution in [0.3, 0.4) is 0 Å². The number of aliphatic hydroxyl groups excluding tert-OH is 1. The van der Waals surface area contributed by atoms with Crippen molar-refractivity contribution >= 4 is 17.9 Å². The second-order valence-corrected chi connectivity index (χ2v) is 6.01. The Hall–Kier alpha value is -2.73. The van der Waals surface area contributed by atoms with E-state index in [9.17, 15) is 19.5 Å². The fraction of sp³-hybridized carbons (Fsp3) is 0.667. The molecule has 0 spiro atoms. The first-order chi connectivity index (χ1) is 12.8. The number of nitrogens with two attached hydrogens (primary N) is 2. The molecule has 12 nitrogen and oxygen atoms in total. The molecule has 0 radical (unpaired) electrons. The number of hydrogen-bond donors (Lipinski definition) is 6. The van der Waals surface area contributed by atoms with Crippen LogP contribution < -0.4 is 22.1 Å². The SMILES string of the molecule is CCCCC[C@H](NC(=O)N[C@@H](CC(N)=O)c1nc([C@@H](N)CO)no1)C(=O)O. The molecule has 12 heteroatoms. The van der Waals surface area contributed by atoms with Crippen molar-refractivity contribution in [1.82, 2.24) is 20.8 Å². The van der Waals surface area contributed by atoms with E-state index in [2.05, 4.69) is 20.8 Å². The highest BCUT2D eigenvalue weighted by Gasteiger charge is 2.27. The number of urea groups is 1. The maximum absolute atomic E-state index is 12.2. The van der Waals surface area contributed by atoms with Crippen LogP contribution in [0.15, 0.2) is 4.52 Å². The average Bonchev–Trinajstić information content (AvgIpc) is 3.09. The molecule has 27 heavy (non-hydrogen) atoms. The lowest BCUT2D eigenvalue weighted by Gasteiger charge is -2.18. The van der Waals surface area contributed by atoms with Gasteiger partial charge in [-0.2, -0.15) is 4.98 Å². The number of carboxylic acid groups (broad SMARTS) is 1. The quantitative estimate of drug-likeness (QED) is 0.251. The van der Waals surface area contributed by atoms with Crippen LogP contribution in [-0.2, 0) is 9.59 Å². The zero-order valence-corrected chi connectivity index (χ0v) is 15.1. The van der Waals surface area contributed by atoms with Crippen molar-refractivity contribution in [1.29, 1.82) is 0 Å². The third-order valence-electron chi connectivity index (χ3n) is 3.69. The molecule has 0 unspecified atom stereocenters. The third kappa shape index (κ3) is 7.58. The second-order valence-electron chi connectivity index (χ2n) is 6.01. The molecule has 0 fully saturated rings. The average molecular weight is 386 g/mol. The van der Waals surface area contributed by atoms with Crippen molar-refractivity contribution in [2.24, 2.45) is 11.5 Å². The minimum absolute atomic E-state index is 0.00726. The topological polar surface area (TPSA) is 207 Å². The first-order valence-corrected chi connectivity index (χ1v) is 8.56. The molecular weight excluding hydrogens is 360 g/mol. The number of amides is 3. The van der Waals surface area contributed by atoms with Crippen molar-refractivity contribution in [2.75, 3.05) is 6.61 Å². The molecule has 0 aliphatic rings. The molecule has 1 aromatic heterocycles. The number of primary amides is 1. The van der Waals surface area contributed by atoms with Crippen LogP contribution >= 0.6 is 0 Å². The fourth-order valence-electron chi connectivity index (χ4n) is 2.24. The summed E-state index contributed by atoms with van der Waals surface area (Å²) in [6.45, 7) is 1.55. The fourth-order valence-corrected chi connectivity index (χ4v) is 2.24. The first kappa shape index (κ1) is 22.3. The zero-order valence-electron chi connectivity index (χ0n) is 15.1. The van der Waals surface area contributed by atoms with Crippen molar-refractivity contribution in [3.63, 3.8) is 0 Å². The Balaban J connectivity index is 2.80. The highest BCUT2D eigenvalue weighted by atomic mass is 16.5. The summed E-state index contributed by atoms with van der Waals surface area (Å²) in [4.78, 5) is 38.6. The van der Waals surface area contributed by atoms with E-state index in [0.29, 0.717) is 6.42 Å². The van der Waals surface area contributed by atoms with Crippen molar-refractivity contribution < 1.29 is 29.1 Å². The predicted molar refractivity (Wildman–Crippen MR) is 92.1 cm³/mol. The van der Waals surface area contributed by atoms with Crippen LogP contribution in [0.4, 0.5) is 4.79 Å². The third-order valence-corrected chi connectivity index (χ3v) is 3.69. The molecule has 8 N–H and O–H groups in total. The Kier molecular flexibility index (Phi) is 9.16. The summed E-state index contributed by atoms with van der Waals surface area (Å²) < 4.78 is 4.96. The van der Waals surface area contributed by atoms with Crippen LogP contribution in [-0.4, -0.2) is 50.9 Å². The summed E-state index contributed by atoms with van der Waals surface area (Å²) in [5.41, 5.74) is 10.7. The van der Waals surface area contributed by atoms with E-state index >= 15 is 0 Å². The van der Waals surface area contributed by atoms with Crippen LogP contribution in [0.25, 0.3) is 0 Å². The van der Waals surface area contributed by atoms with E-state index in [1.165, 1.54) is 0 Å². The molecule has 1 aromatic rings. The van der Waals surface area contributed by atoms with Gasteiger partial charge in [0.05, 0.1) is 19.1 Å². The molecule has 1 heterocycles. The number of rotatable bonds is 12. The molecule has 0 saturated carbocycles. The second kappa shape index (κ2) is 11.1. The summed E-state index contributed by atoms with van der Waals surface area (Å²) in [7, 11) is 0. The lowest BCUT2D eigenvalue weighted by atomic mass is 10.1. The van der Waals surface area contributed by atoms with Gasteiger partial charge in [-0.3, -0.25) is 4.79 Å². The molecule has 0 bridgehead atoms. The maximum Gasteiger partial charge on any atom is 0.326 e. The Morgan fingerprint density at radius 3 is 2.52 bits per heavy atom. The number of nitrogens with zero attached hydrogens (tertiary/aromatic N) is 2. The summed E-state index contributed by atoms with van der Waals surface area (Å²) >= 11 is 0. The van der Waals surface area contributed by atoms with Gasteiger partial charge in [0, 0.05) is 0 Å². The Morgan fingerprint density at radius 2 is 1.96 bits per heavy atom. The number of hydrogen-bond acceptors (Lipinski definition) is 8. The lowest BCUT2D eigenvalue weighted by Crippen LogP contribution is -2.47. The normalized spacial score (nSPS) is 14.2. The Labute approximate surface area is 155 Å². The summed E-state index contributed by atoms with van der Waals surface area (Å²) in [5.74, 6) is -2.06. The minimum atomic E-state index is -1.17. The van der Waals surface area contributed by atoms with Crippen molar-refractivity contribution in [3.8, 4) is 0 Å². The standard InChI is InChI=1S/C15H26N6O6/c1-2-3-4-5-9(14(24)25)18-15(26)19-10(6-11(17)23)13-20-12(21-27-13)8(16)7-22/h8-10,22H,2-7,16H2,1H3,(H2,17,23)(H,24,25)(H2,18,19,26)/t8-,9-,10-/m0/s1. The lowest BCUT2D eigenvalue weighted by molar-refractivity contribution is -0.139. The van der Waals surface area contributed by atoms with Gasteiger partial charge in [0.25, 0.3) is 0 Å². The number of aliphatic hydroxyl groups is 1. The summed E-state index contributed by atoms with van der Waals surface area (Å²) in [6.07, 6.45) is 2.32. The largest absolute Gasteiger partial charge is 0.480 e. The van der Waals surface area contributed by atoms with E-state index in [4.69, 9.17) is 21.1 Å². The molecule has 3 atom stereocenters. The number of aliphatic carboxylic acids is 1. The van der Waals surface area contributed by atoms with E-state index in [1.807, 2.05) is 6.92 Å². The monoisotopic (exact) mass is 386 g/mol. The zero-order chi connectivity index (χ0) is 20.4. The van der Waals surface area contributed by atoms with E-state index in [-0.39, 0.29) is 24.6 Å².